The van der Waals surface area contributed by atoms with Gasteiger partial charge in [-0.25, -0.2) is 8.78 Å². The lowest BCUT2D eigenvalue weighted by Crippen LogP contribution is -2.05. The number of hydrogen-bond acceptors (Lipinski definition) is 1. The smallest absolute Gasteiger partial charge is 0.201 e. The van der Waals surface area contributed by atoms with Crippen molar-refractivity contribution in [1.29, 1.82) is 0 Å². The van der Waals surface area contributed by atoms with Crippen molar-refractivity contribution in [2.24, 2.45) is 5.92 Å². The van der Waals surface area contributed by atoms with Crippen LogP contribution in [-0.2, 0) is 0 Å². The molecule has 0 amide bonds. The normalized spacial score (nSPS) is 15.2. The molecule has 4 heteroatoms. The zero-order valence-electron chi connectivity index (χ0n) is 24.1. The molecule has 1 nitrogen and oxygen atoms in total. The molecule has 3 aromatic carbocycles. The van der Waals surface area contributed by atoms with Gasteiger partial charge < -0.3 is 4.74 Å². The molecule has 0 aromatic heterocycles. The van der Waals surface area contributed by atoms with Gasteiger partial charge in [-0.15, -0.1) is 0 Å². The fraction of sp³-hybridized carbons (Fsp3) is 0.444. The highest BCUT2D eigenvalue weighted by Gasteiger charge is 2.18. The van der Waals surface area contributed by atoms with Gasteiger partial charge in [0.05, 0.1) is 6.61 Å². The van der Waals surface area contributed by atoms with Gasteiger partial charge in [-0.05, 0) is 72.1 Å². The molecule has 40 heavy (non-hydrogen) atoms. The SMILES string of the molecule is CCCCCCCCCOc1ccc(-c2ccc(-c3ccc(C4=CCC(CCC)CC4)cc3F)cc2)c(F)c1F. The predicted molar refractivity (Wildman–Crippen MR) is 161 cm³/mol. The molecule has 0 fully saturated rings. The molecular weight excluding hydrogens is 505 g/mol. The van der Waals surface area contributed by atoms with Crippen LogP contribution in [-0.4, -0.2) is 6.61 Å². The lowest BCUT2D eigenvalue weighted by Gasteiger charge is -2.22. The zero-order chi connectivity index (χ0) is 28.3. The van der Waals surface area contributed by atoms with Crippen molar-refractivity contribution in [2.45, 2.75) is 90.9 Å². The molecule has 1 aliphatic rings. The lowest BCUT2D eigenvalue weighted by molar-refractivity contribution is 0.285. The molecule has 0 N–H and O–H groups in total. The summed E-state index contributed by atoms with van der Waals surface area (Å²) < 4.78 is 50.4. The molecule has 214 valence electrons. The molecule has 0 bridgehead atoms. The lowest BCUT2D eigenvalue weighted by atomic mass is 9.84. The Morgan fingerprint density at radius 2 is 1.35 bits per heavy atom. The van der Waals surface area contributed by atoms with E-state index in [0.717, 1.165) is 50.0 Å². The van der Waals surface area contributed by atoms with E-state index in [0.29, 0.717) is 23.3 Å². The van der Waals surface area contributed by atoms with Crippen LogP contribution in [0.4, 0.5) is 13.2 Å². The topological polar surface area (TPSA) is 9.23 Å². The number of halogens is 3. The summed E-state index contributed by atoms with van der Waals surface area (Å²) in [5.41, 5.74) is 4.05. The van der Waals surface area contributed by atoms with Crippen LogP contribution < -0.4 is 4.74 Å². The molecule has 4 rings (SSSR count). The van der Waals surface area contributed by atoms with Crippen LogP contribution in [0.15, 0.2) is 60.7 Å². The number of allylic oxidation sites excluding steroid dienone is 2. The number of hydrogen-bond donors (Lipinski definition) is 0. The van der Waals surface area contributed by atoms with Crippen LogP contribution >= 0.6 is 0 Å². The molecule has 0 heterocycles. The van der Waals surface area contributed by atoms with Crippen LogP contribution in [0.3, 0.4) is 0 Å². The van der Waals surface area contributed by atoms with Gasteiger partial charge in [0.25, 0.3) is 0 Å². The highest BCUT2D eigenvalue weighted by molar-refractivity contribution is 5.74. The fourth-order valence-electron chi connectivity index (χ4n) is 5.71. The van der Waals surface area contributed by atoms with Gasteiger partial charge in [0, 0.05) is 11.1 Å². The molecule has 3 aromatic rings. The molecule has 0 radical (unpaired) electrons. The van der Waals surface area contributed by atoms with Crippen LogP contribution in [0, 0.1) is 23.4 Å². The molecule has 0 saturated carbocycles. The van der Waals surface area contributed by atoms with Crippen molar-refractivity contribution in [2.75, 3.05) is 6.61 Å². The van der Waals surface area contributed by atoms with E-state index >= 15 is 4.39 Å². The van der Waals surface area contributed by atoms with Crippen LogP contribution in [0.5, 0.6) is 5.75 Å². The van der Waals surface area contributed by atoms with Gasteiger partial charge in [-0.1, -0.05) is 108 Å². The Labute approximate surface area is 238 Å². The maximum atomic E-state index is 15.1. The quantitative estimate of drug-likeness (QED) is 0.182. The maximum Gasteiger partial charge on any atom is 0.201 e. The van der Waals surface area contributed by atoms with E-state index in [2.05, 4.69) is 19.9 Å². The van der Waals surface area contributed by atoms with E-state index in [1.165, 1.54) is 50.2 Å². The van der Waals surface area contributed by atoms with Crippen LogP contribution in [0.25, 0.3) is 27.8 Å². The molecule has 0 spiro atoms. The van der Waals surface area contributed by atoms with Crippen LogP contribution in [0.2, 0.25) is 0 Å². The van der Waals surface area contributed by atoms with Crippen molar-refractivity contribution in [3.05, 3.63) is 83.7 Å². The second-order valence-corrected chi connectivity index (χ2v) is 11.1. The molecule has 1 atom stereocenters. The first-order chi connectivity index (χ1) is 19.5. The third kappa shape index (κ3) is 7.80. The number of unbranched alkanes of at least 4 members (excludes halogenated alkanes) is 6. The molecule has 1 aliphatic carbocycles. The largest absolute Gasteiger partial charge is 0.490 e. The Hall–Kier alpha value is -3.01. The highest BCUT2D eigenvalue weighted by Crippen LogP contribution is 2.35. The van der Waals surface area contributed by atoms with Gasteiger partial charge >= 0.3 is 0 Å². The number of ether oxygens (including phenoxy) is 1. The van der Waals surface area contributed by atoms with E-state index in [9.17, 15) is 8.78 Å². The van der Waals surface area contributed by atoms with Gasteiger partial charge in [0.15, 0.2) is 11.6 Å². The minimum atomic E-state index is -0.968. The van der Waals surface area contributed by atoms with Crippen molar-refractivity contribution in [1.82, 2.24) is 0 Å². The summed E-state index contributed by atoms with van der Waals surface area (Å²) >= 11 is 0. The minimum absolute atomic E-state index is 0.0556. The number of rotatable bonds is 14. The summed E-state index contributed by atoms with van der Waals surface area (Å²) in [4.78, 5) is 0. The molecule has 1 unspecified atom stereocenters. The second kappa shape index (κ2) is 15.1. The first-order valence-electron chi connectivity index (χ1n) is 15.2. The van der Waals surface area contributed by atoms with Crippen LogP contribution in [0.1, 0.15) is 96.5 Å². The van der Waals surface area contributed by atoms with Crippen molar-refractivity contribution in [3.8, 4) is 28.0 Å². The van der Waals surface area contributed by atoms with Crippen molar-refractivity contribution >= 4 is 5.57 Å². The number of benzene rings is 3. The third-order valence-corrected chi connectivity index (χ3v) is 8.12. The summed E-state index contributed by atoms with van der Waals surface area (Å²) in [5.74, 6) is -1.48. The second-order valence-electron chi connectivity index (χ2n) is 11.1. The zero-order valence-corrected chi connectivity index (χ0v) is 24.1. The Morgan fingerprint density at radius 1 is 0.700 bits per heavy atom. The van der Waals surface area contributed by atoms with Gasteiger partial charge in [0.2, 0.25) is 5.82 Å². The van der Waals surface area contributed by atoms with Gasteiger partial charge in [-0.2, -0.15) is 4.39 Å². The average Bonchev–Trinajstić information content (AvgIpc) is 2.97. The summed E-state index contributed by atoms with van der Waals surface area (Å²) in [6.07, 6.45) is 15.9. The Morgan fingerprint density at radius 3 is 2.00 bits per heavy atom. The average molecular weight is 549 g/mol. The monoisotopic (exact) mass is 548 g/mol. The highest BCUT2D eigenvalue weighted by atomic mass is 19.2. The Bertz CT molecular complexity index is 1260. The summed E-state index contributed by atoms with van der Waals surface area (Å²) in [6.45, 7) is 4.79. The van der Waals surface area contributed by atoms with Gasteiger partial charge in [-0.3, -0.25) is 0 Å². The molecular formula is C36H43F3O. The van der Waals surface area contributed by atoms with E-state index in [1.807, 2.05) is 12.1 Å². The van der Waals surface area contributed by atoms with E-state index in [4.69, 9.17) is 4.74 Å². The standard InChI is InChI=1S/C36H43F3O/c1-3-5-6-7-8-9-10-24-40-34-23-22-32(35(38)36(34)39)29-18-16-28(17-19-29)31-21-20-30(25-33(31)37)27-14-12-26(11-4-2)13-15-27/h14,16-23,25-26H,3-13,15,24H2,1-2H3. The molecule has 0 saturated heterocycles. The van der Waals surface area contributed by atoms with Crippen molar-refractivity contribution < 1.29 is 17.9 Å². The maximum absolute atomic E-state index is 15.1. The summed E-state index contributed by atoms with van der Waals surface area (Å²) in [7, 11) is 0. The van der Waals surface area contributed by atoms with E-state index in [1.54, 1.807) is 36.4 Å². The van der Waals surface area contributed by atoms with Gasteiger partial charge in [0.1, 0.15) is 5.82 Å². The fourth-order valence-corrected chi connectivity index (χ4v) is 5.71. The first kappa shape index (κ1) is 30.0. The Kier molecular flexibility index (Phi) is 11.3. The first-order valence-corrected chi connectivity index (χ1v) is 15.2. The minimum Gasteiger partial charge on any atom is -0.490 e. The third-order valence-electron chi connectivity index (χ3n) is 8.12. The van der Waals surface area contributed by atoms with E-state index < -0.39 is 11.6 Å². The predicted octanol–water partition coefficient (Wildman–Crippen LogP) is 11.6. The molecule has 0 aliphatic heterocycles. The summed E-state index contributed by atoms with van der Waals surface area (Å²) in [5, 5.41) is 0. The Balaban J connectivity index is 1.37. The van der Waals surface area contributed by atoms with Crippen molar-refractivity contribution in [3.63, 3.8) is 0 Å². The summed E-state index contributed by atoms with van der Waals surface area (Å²) in [6, 6.07) is 15.4. The van der Waals surface area contributed by atoms with E-state index in [-0.39, 0.29) is 17.1 Å².